The molecule has 2 aromatic heterocycles. The summed E-state index contributed by atoms with van der Waals surface area (Å²) >= 11 is 0. The molecular formula is C15H16FN5. The molecule has 0 aliphatic carbocycles. The lowest BCUT2D eigenvalue weighted by Gasteiger charge is -2.15. The molecule has 0 bridgehead atoms. The molecule has 0 amide bonds. The Morgan fingerprint density at radius 2 is 2.10 bits per heavy atom. The van der Waals surface area contributed by atoms with E-state index in [-0.39, 0.29) is 5.82 Å². The van der Waals surface area contributed by atoms with Gasteiger partial charge in [0.05, 0.1) is 0 Å². The number of rotatable bonds is 3. The molecule has 6 heteroatoms. The number of benzene rings is 1. The van der Waals surface area contributed by atoms with Gasteiger partial charge >= 0.3 is 0 Å². The Balaban J connectivity index is 2.14. The molecule has 1 aromatic carbocycles. The fourth-order valence-electron chi connectivity index (χ4n) is 2.36. The van der Waals surface area contributed by atoms with Gasteiger partial charge in [0.25, 0.3) is 5.78 Å². The van der Waals surface area contributed by atoms with Gasteiger partial charge in [-0.2, -0.15) is 0 Å². The monoisotopic (exact) mass is 285 g/mol. The van der Waals surface area contributed by atoms with Crippen molar-refractivity contribution in [1.82, 2.24) is 19.6 Å². The van der Waals surface area contributed by atoms with Crippen LogP contribution in [0.25, 0.3) is 5.78 Å². The van der Waals surface area contributed by atoms with Crippen LogP contribution in [0.5, 0.6) is 0 Å². The van der Waals surface area contributed by atoms with Gasteiger partial charge in [-0.1, -0.05) is 13.0 Å². The first kappa shape index (κ1) is 13.5. The number of nitrogens with zero attached hydrogens (tertiary/aromatic N) is 4. The standard InChI is InChI=1S/C15H16FN5/c1-4-12-10(3)18-15-20-17-8-21(15)14(12)19-11-6-5-9(2)13(16)7-11/h5-8,19H,4H2,1-3H3. The Morgan fingerprint density at radius 3 is 2.81 bits per heavy atom. The van der Waals surface area contributed by atoms with Crippen LogP contribution in [0.15, 0.2) is 24.5 Å². The van der Waals surface area contributed by atoms with E-state index in [0.717, 1.165) is 23.5 Å². The summed E-state index contributed by atoms with van der Waals surface area (Å²) in [4.78, 5) is 4.42. The third kappa shape index (κ3) is 2.33. The second-order valence-electron chi connectivity index (χ2n) is 4.97. The van der Waals surface area contributed by atoms with Crippen molar-refractivity contribution in [3.05, 3.63) is 47.2 Å². The number of halogens is 1. The maximum absolute atomic E-state index is 13.7. The second-order valence-corrected chi connectivity index (χ2v) is 4.97. The zero-order chi connectivity index (χ0) is 15.0. The summed E-state index contributed by atoms with van der Waals surface area (Å²) in [6, 6.07) is 5.09. The van der Waals surface area contributed by atoms with E-state index in [2.05, 4.69) is 27.4 Å². The number of aryl methyl sites for hydroxylation is 2. The molecule has 3 aromatic rings. The van der Waals surface area contributed by atoms with E-state index in [4.69, 9.17) is 0 Å². The Kier molecular flexibility index (Phi) is 3.29. The van der Waals surface area contributed by atoms with Crippen LogP contribution in [0, 0.1) is 19.7 Å². The number of hydrogen-bond donors (Lipinski definition) is 1. The smallest absolute Gasteiger partial charge is 0.256 e. The highest BCUT2D eigenvalue weighted by Crippen LogP contribution is 2.25. The van der Waals surface area contributed by atoms with Gasteiger partial charge in [-0.3, -0.25) is 4.40 Å². The molecule has 0 fully saturated rings. The lowest BCUT2D eigenvalue weighted by molar-refractivity contribution is 0.619. The van der Waals surface area contributed by atoms with Crippen molar-refractivity contribution in [2.45, 2.75) is 27.2 Å². The maximum Gasteiger partial charge on any atom is 0.256 e. The zero-order valence-corrected chi connectivity index (χ0v) is 12.2. The topological polar surface area (TPSA) is 55.1 Å². The number of nitrogens with one attached hydrogen (secondary N) is 1. The molecule has 5 nitrogen and oxygen atoms in total. The van der Waals surface area contributed by atoms with Crippen molar-refractivity contribution in [3.63, 3.8) is 0 Å². The molecule has 0 spiro atoms. The molecule has 0 aliphatic heterocycles. The SMILES string of the molecule is CCc1c(C)nc2nncn2c1Nc1ccc(C)c(F)c1. The molecule has 2 heterocycles. The van der Waals surface area contributed by atoms with Gasteiger partial charge in [0.2, 0.25) is 0 Å². The van der Waals surface area contributed by atoms with Crippen LogP contribution in [0.1, 0.15) is 23.7 Å². The van der Waals surface area contributed by atoms with E-state index in [1.54, 1.807) is 23.7 Å². The summed E-state index contributed by atoms with van der Waals surface area (Å²) in [5, 5.41) is 11.1. The van der Waals surface area contributed by atoms with Crippen LogP contribution in [0.4, 0.5) is 15.9 Å². The lowest BCUT2D eigenvalue weighted by atomic mass is 10.1. The Morgan fingerprint density at radius 1 is 1.29 bits per heavy atom. The van der Waals surface area contributed by atoms with Crippen LogP contribution in [0.3, 0.4) is 0 Å². The van der Waals surface area contributed by atoms with Crippen LogP contribution >= 0.6 is 0 Å². The van der Waals surface area contributed by atoms with Gasteiger partial charge in [0, 0.05) is 16.9 Å². The molecule has 0 saturated carbocycles. The highest BCUT2D eigenvalue weighted by atomic mass is 19.1. The Bertz CT molecular complexity index is 809. The van der Waals surface area contributed by atoms with Crippen molar-refractivity contribution in [3.8, 4) is 0 Å². The summed E-state index contributed by atoms with van der Waals surface area (Å²) in [5.74, 6) is 1.12. The summed E-state index contributed by atoms with van der Waals surface area (Å²) in [6.07, 6.45) is 2.41. The summed E-state index contributed by atoms with van der Waals surface area (Å²) in [6.45, 7) is 5.74. The summed E-state index contributed by atoms with van der Waals surface area (Å²) in [5.41, 5.74) is 3.27. The normalized spacial score (nSPS) is 11.0. The molecular weight excluding hydrogens is 269 g/mol. The number of fused-ring (bicyclic) bond motifs is 1. The van der Waals surface area contributed by atoms with Crippen LogP contribution in [0.2, 0.25) is 0 Å². The number of anilines is 2. The first-order valence-electron chi connectivity index (χ1n) is 6.82. The van der Waals surface area contributed by atoms with E-state index in [0.29, 0.717) is 17.0 Å². The quantitative estimate of drug-likeness (QED) is 0.803. The first-order chi connectivity index (χ1) is 10.1. The fraction of sp³-hybridized carbons (Fsp3) is 0.267. The van der Waals surface area contributed by atoms with Crippen molar-refractivity contribution in [1.29, 1.82) is 0 Å². The molecule has 0 saturated heterocycles. The number of aromatic nitrogens is 4. The highest BCUT2D eigenvalue weighted by molar-refractivity contribution is 5.63. The minimum absolute atomic E-state index is 0.233. The Labute approximate surface area is 121 Å². The molecule has 0 atom stereocenters. The van der Waals surface area contributed by atoms with Crippen molar-refractivity contribution in [2.75, 3.05) is 5.32 Å². The van der Waals surface area contributed by atoms with Gasteiger partial charge in [-0.15, -0.1) is 10.2 Å². The molecule has 0 unspecified atom stereocenters. The first-order valence-corrected chi connectivity index (χ1v) is 6.82. The summed E-state index contributed by atoms with van der Waals surface area (Å²) in [7, 11) is 0. The van der Waals surface area contributed by atoms with Gasteiger partial charge in [0.1, 0.15) is 18.0 Å². The van der Waals surface area contributed by atoms with E-state index in [9.17, 15) is 4.39 Å². The Hall–Kier alpha value is -2.50. The minimum atomic E-state index is -0.233. The van der Waals surface area contributed by atoms with E-state index in [1.807, 2.05) is 13.0 Å². The van der Waals surface area contributed by atoms with Crippen LogP contribution in [-0.4, -0.2) is 19.6 Å². The third-order valence-corrected chi connectivity index (χ3v) is 3.55. The van der Waals surface area contributed by atoms with Gasteiger partial charge < -0.3 is 5.32 Å². The van der Waals surface area contributed by atoms with Crippen LogP contribution in [-0.2, 0) is 6.42 Å². The molecule has 0 radical (unpaired) electrons. The van der Waals surface area contributed by atoms with E-state index < -0.39 is 0 Å². The lowest BCUT2D eigenvalue weighted by Crippen LogP contribution is -2.07. The third-order valence-electron chi connectivity index (χ3n) is 3.55. The summed E-state index contributed by atoms with van der Waals surface area (Å²) < 4.78 is 15.5. The molecule has 21 heavy (non-hydrogen) atoms. The highest BCUT2D eigenvalue weighted by Gasteiger charge is 2.13. The van der Waals surface area contributed by atoms with Gasteiger partial charge in [-0.25, -0.2) is 9.37 Å². The average molecular weight is 285 g/mol. The predicted octanol–water partition coefficient (Wildman–Crippen LogP) is 3.19. The van der Waals surface area contributed by atoms with E-state index >= 15 is 0 Å². The van der Waals surface area contributed by atoms with Crippen molar-refractivity contribution in [2.24, 2.45) is 0 Å². The fourth-order valence-corrected chi connectivity index (χ4v) is 2.36. The van der Waals surface area contributed by atoms with Gasteiger partial charge in [-0.05, 0) is 38.0 Å². The largest absolute Gasteiger partial charge is 0.341 e. The van der Waals surface area contributed by atoms with E-state index in [1.165, 1.54) is 6.07 Å². The van der Waals surface area contributed by atoms with Crippen LogP contribution < -0.4 is 5.32 Å². The minimum Gasteiger partial charge on any atom is -0.341 e. The maximum atomic E-state index is 13.7. The molecule has 1 N–H and O–H groups in total. The van der Waals surface area contributed by atoms with Gasteiger partial charge in [0.15, 0.2) is 0 Å². The molecule has 3 rings (SSSR count). The van der Waals surface area contributed by atoms with Crippen molar-refractivity contribution >= 4 is 17.3 Å². The number of hydrogen-bond acceptors (Lipinski definition) is 4. The molecule has 0 aliphatic rings. The average Bonchev–Trinajstić information content (AvgIpc) is 2.91. The molecule has 108 valence electrons. The predicted molar refractivity (Wildman–Crippen MR) is 79.3 cm³/mol. The van der Waals surface area contributed by atoms with Crippen molar-refractivity contribution < 1.29 is 4.39 Å². The zero-order valence-electron chi connectivity index (χ0n) is 12.2. The second kappa shape index (κ2) is 5.12.